The second kappa shape index (κ2) is 7.96. The normalized spacial score (nSPS) is 33.7. The molecule has 2 aliphatic heterocycles. The lowest BCUT2D eigenvalue weighted by molar-refractivity contribution is -0.248. The number of fused-ring (bicyclic) bond motifs is 1. The number of aliphatic hydroxyl groups is 2. The molecule has 30 heavy (non-hydrogen) atoms. The lowest BCUT2D eigenvalue weighted by Gasteiger charge is -2.47. The van der Waals surface area contributed by atoms with Gasteiger partial charge in [-0.05, 0) is 44.5 Å². The van der Waals surface area contributed by atoms with Crippen LogP contribution in [-0.2, 0) is 24.2 Å². The van der Waals surface area contributed by atoms with Crippen LogP contribution in [0.4, 0.5) is 0 Å². The van der Waals surface area contributed by atoms with E-state index in [1.807, 2.05) is 51.1 Å². The summed E-state index contributed by atoms with van der Waals surface area (Å²) in [7, 11) is -2.15. The molecule has 0 aromatic heterocycles. The van der Waals surface area contributed by atoms with Gasteiger partial charge in [-0.1, -0.05) is 51.1 Å². The van der Waals surface area contributed by atoms with E-state index in [1.165, 1.54) is 0 Å². The van der Waals surface area contributed by atoms with Gasteiger partial charge in [0, 0.05) is 0 Å². The van der Waals surface area contributed by atoms with Gasteiger partial charge < -0.3 is 28.8 Å². The fourth-order valence-corrected chi connectivity index (χ4v) is 4.98. The van der Waals surface area contributed by atoms with E-state index in [0.29, 0.717) is 5.56 Å². The Hall–Kier alpha value is -0.803. The third kappa shape index (κ3) is 4.39. The summed E-state index contributed by atoms with van der Waals surface area (Å²) in [4.78, 5) is 0. The molecule has 0 radical (unpaired) electrons. The van der Waals surface area contributed by atoms with Gasteiger partial charge in [-0.3, -0.25) is 0 Å². The number of aliphatic hydroxyl groups excluding tert-OH is 1. The maximum atomic E-state index is 12.0. The lowest BCUT2D eigenvalue weighted by atomic mass is 9.81. The Labute approximate surface area is 181 Å². The molecule has 3 rings (SSSR count). The van der Waals surface area contributed by atoms with Crippen molar-refractivity contribution in [3.8, 4) is 0 Å². The number of hydrogen-bond donors (Lipinski definition) is 2. The molecule has 0 bridgehead atoms. The van der Waals surface area contributed by atoms with Crippen molar-refractivity contribution >= 4 is 8.32 Å². The Balaban J connectivity index is 1.95. The number of rotatable bonds is 5. The van der Waals surface area contributed by atoms with Crippen LogP contribution in [0.15, 0.2) is 30.3 Å². The van der Waals surface area contributed by atoms with E-state index >= 15 is 0 Å². The molecular formula is C23H38O6Si. The van der Waals surface area contributed by atoms with Gasteiger partial charge in [0.15, 0.2) is 14.1 Å². The van der Waals surface area contributed by atoms with Crippen LogP contribution in [0, 0.1) is 0 Å². The van der Waals surface area contributed by atoms with Crippen molar-refractivity contribution in [1.29, 1.82) is 0 Å². The molecule has 0 aliphatic carbocycles. The minimum atomic E-state index is -2.15. The average Bonchev–Trinajstić information content (AvgIpc) is 2.99. The van der Waals surface area contributed by atoms with Crippen molar-refractivity contribution in [2.45, 2.75) is 102 Å². The molecule has 0 spiro atoms. The Morgan fingerprint density at radius 3 is 2.20 bits per heavy atom. The van der Waals surface area contributed by atoms with Crippen LogP contribution in [0.1, 0.15) is 47.1 Å². The van der Waals surface area contributed by atoms with Gasteiger partial charge in [0.2, 0.25) is 0 Å². The zero-order valence-corrected chi connectivity index (χ0v) is 20.5. The van der Waals surface area contributed by atoms with Crippen molar-refractivity contribution in [1.82, 2.24) is 0 Å². The molecular weight excluding hydrogens is 400 g/mol. The molecule has 2 heterocycles. The van der Waals surface area contributed by atoms with Crippen molar-refractivity contribution in [2.24, 2.45) is 0 Å². The first-order valence-corrected chi connectivity index (χ1v) is 13.7. The summed E-state index contributed by atoms with van der Waals surface area (Å²) < 4.78 is 24.6. The summed E-state index contributed by atoms with van der Waals surface area (Å²) in [5.74, 6) is -0.814. The second-order valence-electron chi connectivity index (χ2n) is 10.7. The maximum absolute atomic E-state index is 12.0. The van der Waals surface area contributed by atoms with Gasteiger partial charge in [0.05, 0.1) is 12.7 Å². The van der Waals surface area contributed by atoms with Gasteiger partial charge in [-0.15, -0.1) is 0 Å². The van der Waals surface area contributed by atoms with Crippen LogP contribution < -0.4 is 0 Å². The number of hydrogen-bond acceptors (Lipinski definition) is 6. The minimum Gasteiger partial charge on any atom is -0.413 e. The van der Waals surface area contributed by atoms with Crippen molar-refractivity contribution in [3.05, 3.63) is 35.9 Å². The highest BCUT2D eigenvalue weighted by Gasteiger charge is 2.59. The number of ether oxygens (including phenoxy) is 3. The van der Waals surface area contributed by atoms with Crippen LogP contribution in [0.2, 0.25) is 18.1 Å². The molecule has 2 aliphatic rings. The zero-order chi connectivity index (χ0) is 22.5. The van der Waals surface area contributed by atoms with Gasteiger partial charge in [0.1, 0.15) is 30.0 Å². The SMILES string of the molecule is C[C@H]1OC([C@@](O)(CO[Si](C)(C)C(C)(C)C)c2ccccc2)[C@@H](O)[C@@H]2OC(C)(C)O[C@@H]21. The van der Waals surface area contributed by atoms with Gasteiger partial charge in [0.25, 0.3) is 0 Å². The van der Waals surface area contributed by atoms with E-state index in [4.69, 9.17) is 18.6 Å². The van der Waals surface area contributed by atoms with Gasteiger partial charge in [-0.25, -0.2) is 0 Å². The van der Waals surface area contributed by atoms with Gasteiger partial charge in [-0.2, -0.15) is 0 Å². The zero-order valence-electron chi connectivity index (χ0n) is 19.5. The highest BCUT2D eigenvalue weighted by Crippen LogP contribution is 2.44. The van der Waals surface area contributed by atoms with Crippen molar-refractivity contribution in [3.63, 3.8) is 0 Å². The summed E-state index contributed by atoms with van der Waals surface area (Å²) in [5, 5.41) is 23.2. The predicted octanol–water partition coefficient (Wildman–Crippen LogP) is 3.56. The van der Waals surface area contributed by atoms with Crippen LogP contribution in [0.3, 0.4) is 0 Å². The number of benzene rings is 1. The third-order valence-corrected chi connectivity index (χ3v) is 11.3. The summed E-state index contributed by atoms with van der Waals surface area (Å²) >= 11 is 0. The highest BCUT2D eigenvalue weighted by atomic mass is 28.4. The molecule has 1 aromatic rings. The maximum Gasteiger partial charge on any atom is 0.192 e. The Morgan fingerprint density at radius 2 is 1.63 bits per heavy atom. The monoisotopic (exact) mass is 438 g/mol. The molecule has 2 fully saturated rings. The van der Waals surface area contributed by atoms with Crippen LogP contribution in [-0.4, -0.2) is 61.4 Å². The van der Waals surface area contributed by atoms with Crippen molar-refractivity contribution in [2.75, 3.05) is 6.61 Å². The fourth-order valence-electron chi connectivity index (χ4n) is 3.96. The molecule has 1 unspecified atom stereocenters. The Bertz CT molecular complexity index is 731. The first-order chi connectivity index (χ1) is 13.7. The second-order valence-corrected chi connectivity index (χ2v) is 15.5. The first kappa shape index (κ1) is 23.9. The molecule has 2 N–H and O–H groups in total. The standard InChI is InChI=1S/C23H38O6Si/c1-15-18-19(29-22(5,6)28-18)17(24)20(27-15)23(25,16-12-10-9-11-13-16)14-26-30(7,8)21(2,3)4/h9-13,15,17-20,24-25H,14H2,1-8H3/t15-,17+,18-,19+,20?,23-/m1/s1. The smallest absolute Gasteiger partial charge is 0.192 e. The fraction of sp³-hybridized carbons (Fsp3) is 0.739. The molecule has 1 aromatic carbocycles. The molecule has 2 saturated heterocycles. The largest absolute Gasteiger partial charge is 0.413 e. The van der Waals surface area contributed by atoms with Crippen LogP contribution in [0.25, 0.3) is 0 Å². The molecule has 6 nitrogen and oxygen atoms in total. The summed E-state index contributed by atoms with van der Waals surface area (Å²) in [6, 6.07) is 9.32. The Morgan fingerprint density at radius 1 is 1.07 bits per heavy atom. The Kier molecular flexibility index (Phi) is 6.33. The highest BCUT2D eigenvalue weighted by molar-refractivity contribution is 6.74. The summed E-state index contributed by atoms with van der Waals surface area (Å²) in [6.45, 7) is 16.3. The quantitative estimate of drug-likeness (QED) is 0.685. The predicted molar refractivity (Wildman–Crippen MR) is 118 cm³/mol. The first-order valence-electron chi connectivity index (χ1n) is 10.8. The molecule has 0 saturated carbocycles. The van der Waals surface area contributed by atoms with E-state index in [9.17, 15) is 10.2 Å². The van der Waals surface area contributed by atoms with E-state index in [-0.39, 0.29) is 17.7 Å². The summed E-state index contributed by atoms with van der Waals surface area (Å²) in [5.41, 5.74) is -0.887. The molecule has 170 valence electrons. The molecule has 6 atom stereocenters. The molecule has 7 heteroatoms. The van der Waals surface area contributed by atoms with Crippen molar-refractivity contribution < 1.29 is 28.8 Å². The van der Waals surface area contributed by atoms with E-state index in [1.54, 1.807) is 0 Å². The average molecular weight is 439 g/mol. The lowest BCUT2D eigenvalue weighted by Crippen LogP contribution is -2.63. The minimum absolute atomic E-state index is 0.0124. The topological polar surface area (TPSA) is 77.4 Å². The summed E-state index contributed by atoms with van der Waals surface area (Å²) in [6.07, 6.45) is -3.32. The van der Waals surface area contributed by atoms with Crippen LogP contribution in [0.5, 0.6) is 0 Å². The van der Waals surface area contributed by atoms with Gasteiger partial charge >= 0.3 is 0 Å². The van der Waals surface area contributed by atoms with Crippen LogP contribution >= 0.6 is 0 Å². The van der Waals surface area contributed by atoms with E-state index < -0.39 is 44.1 Å². The molecule has 0 amide bonds. The third-order valence-electron chi connectivity index (χ3n) is 6.84. The van der Waals surface area contributed by atoms with E-state index in [0.717, 1.165) is 0 Å². The van der Waals surface area contributed by atoms with E-state index in [2.05, 4.69) is 33.9 Å².